The molecule has 17 heavy (non-hydrogen) atoms. The maximum Gasteiger partial charge on any atom is 0.339 e. The largest absolute Gasteiger partial charge is 0.486 e. The molecule has 0 fully saturated rings. The fourth-order valence-electron chi connectivity index (χ4n) is 1.50. The number of hydrogen-bond donors (Lipinski definition) is 1. The number of carbonyl (C=O) groups excluding carboxylic acids is 1. The Hall–Kier alpha value is -2.24. The Bertz CT molecular complexity index is 479. The van der Waals surface area contributed by atoms with Gasteiger partial charge in [0, 0.05) is 6.92 Å². The van der Waals surface area contributed by atoms with Crippen molar-refractivity contribution >= 4 is 11.9 Å². The number of esters is 1. The molecule has 1 heterocycles. The Morgan fingerprint density at radius 2 is 2.00 bits per heavy atom. The predicted octanol–water partition coefficient (Wildman–Crippen LogP) is 1.08. The van der Waals surface area contributed by atoms with Crippen molar-refractivity contribution in [3.63, 3.8) is 0 Å². The van der Waals surface area contributed by atoms with Crippen molar-refractivity contribution in [2.24, 2.45) is 0 Å². The highest BCUT2D eigenvalue weighted by Gasteiger charge is 2.24. The van der Waals surface area contributed by atoms with Crippen LogP contribution in [0.15, 0.2) is 12.1 Å². The summed E-state index contributed by atoms with van der Waals surface area (Å²) in [6.45, 7) is 1.85. The van der Waals surface area contributed by atoms with E-state index in [-0.39, 0.29) is 23.7 Å². The van der Waals surface area contributed by atoms with E-state index in [1.807, 2.05) is 0 Å². The molecule has 1 aromatic carbocycles. The fraction of sp³-hybridized carbons (Fsp3) is 0.273. The number of hydrogen-bond acceptors (Lipinski definition) is 5. The molecule has 0 aromatic heterocycles. The molecule has 0 bridgehead atoms. The molecule has 0 atom stereocenters. The van der Waals surface area contributed by atoms with E-state index in [4.69, 9.17) is 19.3 Å². The van der Waals surface area contributed by atoms with Crippen LogP contribution in [0, 0.1) is 0 Å². The molecule has 0 spiro atoms. The third-order valence-corrected chi connectivity index (χ3v) is 2.14. The minimum absolute atomic E-state index is 0.109. The van der Waals surface area contributed by atoms with Gasteiger partial charge in [-0.25, -0.2) is 4.79 Å². The van der Waals surface area contributed by atoms with E-state index < -0.39 is 11.9 Å². The molecule has 1 aliphatic rings. The van der Waals surface area contributed by atoms with E-state index in [1.165, 1.54) is 19.1 Å². The van der Waals surface area contributed by atoms with Crippen molar-refractivity contribution in [2.45, 2.75) is 6.92 Å². The normalized spacial score (nSPS) is 13.0. The van der Waals surface area contributed by atoms with Crippen molar-refractivity contribution in [2.75, 3.05) is 13.2 Å². The zero-order valence-corrected chi connectivity index (χ0v) is 9.06. The molecular formula is C11H10O6. The van der Waals surface area contributed by atoms with E-state index >= 15 is 0 Å². The maximum absolute atomic E-state index is 11.0. The SMILES string of the molecule is CC(=O)Oc1c(C(=O)O)ccc2c1OCCO2. The van der Waals surface area contributed by atoms with Gasteiger partial charge in [-0.1, -0.05) is 0 Å². The van der Waals surface area contributed by atoms with Gasteiger partial charge in [-0.05, 0) is 12.1 Å². The van der Waals surface area contributed by atoms with E-state index in [0.717, 1.165) is 0 Å². The average Bonchev–Trinajstić information content (AvgIpc) is 2.28. The second-order valence-corrected chi connectivity index (χ2v) is 3.37. The van der Waals surface area contributed by atoms with Gasteiger partial charge in [-0.3, -0.25) is 4.79 Å². The molecule has 1 N–H and O–H groups in total. The zero-order chi connectivity index (χ0) is 12.4. The van der Waals surface area contributed by atoms with Gasteiger partial charge in [0.1, 0.15) is 18.8 Å². The Morgan fingerprint density at radius 1 is 1.29 bits per heavy atom. The predicted molar refractivity (Wildman–Crippen MR) is 55.7 cm³/mol. The third kappa shape index (κ3) is 2.15. The first kappa shape index (κ1) is 11.3. The summed E-state index contributed by atoms with van der Waals surface area (Å²) in [4.78, 5) is 22.0. The lowest BCUT2D eigenvalue weighted by Crippen LogP contribution is -2.18. The van der Waals surface area contributed by atoms with Gasteiger partial charge < -0.3 is 19.3 Å². The maximum atomic E-state index is 11.0. The number of carboxylic acid groups (broad SMARTS) is 1. The summed E-state index contributed by atoms with van der Waals surface area (Å²) in [5, 5.41) is 8.99. The van der Waals surface area contributed by atoms with Gasteiger partial charge in [-0.2, -0.15) is 0 Å². The summed E-state index contributed by atoms with van der Waals surface area (Å²) in [6, 6.07) is 2.79. The molecule has 1 aromatic rings. The van der Waals surface area contributed by atoms with E-state index in [0.29, 0.717) is 12.4 Å². The van der Waals surface area contributed by atoms with Gasteiger partial charge in [0.2, 0.25) is 5.75 Å². The first-order chi connectivity index (χ1) is 8.09. The molecule has 0 amide bonds. The first-order valence-electron chi connectivity index (χ1n) is 4.94. The van der Waals surface area contributed by atoms with Crippen LogP contribution in [0.4, 0.5) is 0 Å². The quantitative estimate of drug-likeness (QED) is 0.613. The summed E-state index contributed by atoms with van der Waals surface area (Å²) in [5.41, 5.74) is -0.135. The van der Waals surface area contributed by atoms with Gasteiger partial charge >= 0.3 is 11.9 Å². The molecule has 0 unspecified atom stereocenters. The summed E-state index contributed by atoms with van der Waals surface area (Å²) >= 11 is 0. The molecule has 2 rings (SSSR count). The minimum Gasteiger partial charge on any atom is -0.486 e. The average molecular weight is 238 g/mol. The van der Waals surface area contributed by atoms with Crippen LogP contribution in [0.5, 0.6) is 17.2 Å². The van der Waals surface area contributed by atoms with Crippen LogP contribution in [0.25, 0.3) is 0 Å². The molecular weight excluding hydrogens is 228 g/mol. The van der Waals surface area contributed by atoms with Crippen LogP contribution in [0.1, 0.15) is 17.3 Å². The lowest BCUT2D eigenvalue weighted by atomic mass is 10.1. The number of benzene rings is 1. The second kappa shape index (κ2) is 4.32. The Labute approximate surface area is 96.7 Å². The lowest BCUT2D eigenvalue weighted by Gasteiger charge is -2.21. The summed E-state index contributed by atoms with van der Waals surface area (Å²) in [7, 11) is 0. The number of ether oxygens (including phenoxy) is 3. The topological polar surface area (TPSA) is 82.1 Å². The van der Waals surface area contributed by atoms with Crippen molar-refractivity contribution < 1.29 is 28.9 Å². The number of carbonyl (C=O) groups is 2. The number of fused-ring (bicyclic) bond motifs is 1. The molecule has 90 valence electrons. The molecule has 0 radical (unpaired) electrons. The number of carboxylic acids is 1. The molecule has 1 aliphatic heterocycles. The van der Waals surface area contributed by atoms with Gasteiger partial charge in [0.15, 0.2) is 11.5 Å². The lowest BCUT2D eigenvalue weighted by molar-refractivity contribution is -0.132. The highest BCUT2D eigenvalue weighted by molar-refractivity contribution is 5.94. The molecule has 0 aliphatic carbocycles. The third-order valence-electron chi connectivity index (χ3n) is 2.14. The highest BCUT2D eigenvalue weighted by Crippen LogP contribution is 2.41. The molecule has 6 heteroatoms. The summed E-state index contributed by atoms with van der Waals surface area (Å²) in [6.07, 6.45) is 0. The van der Waals surface area contributed by atoms with Crippen molar-refractivity contribution in [3.8, 4) is 17.2 Å². The molecule has 6 nitrogen and oxygen atoms in total. The van der Waals surface area contributed by atoms with Gasteiger partial charge in [-0.15, -0.1) is 0 Å². The smallest absolute Gasteiger partial charge is 0.339 e. The zero-order valence-electron chi connectivity index (χ0n) is 9.06. The monoisotopic (exact) mass is 238 g/mol. The van der Waals surface area contributed by atoms with Crippen LogP contribution in [-0.2, 0) is 4.79 Å². The van der Waals surface area contributed by atoms with Crippen LogP contribution in [0.3, 0.4) is 0 Å². The van der Waals surface area contributed by atoms with Crippen LogP contribution in [0.2, 0.25) is 0 Å². The van der Waals surface area contributed by atoms with E-state index in [9.17, 15) is 9.59 Å². The first-order valence-corrected chi connectivity index (χ1v) is 4.94. The Morgan fingerprint density at radius 3 is 2.65 bits per heavy atom. The van der Waals surface area contributed by atoms with E-state index in [1.54, 1.807) is 0 Å². The Kier molecular flexibility index (Phi) is 2.86. The fourth-order valence-corrected chi connectivity index (χ4v) is 1.50. The van der Waals surface area contributed by atoms with Gasteiger partial charge in [0.05, 0.1) is 0 Å². The summed E-state index contributed by atoms with van der Waals surface area (Å²) < 4.78 is 15.4. The summed E-state index contributed by atoms with van der Waals surface area (Å²) in [5.74, 6) is -1.39. The van der Waals surface area contributed by atoms with Crippen molar-refractivity contribution in [1.82, 2.24) is 0 Å². The minimum atomic E-state index is -1.20. The van der Waals surface area contributed by atoms with Crippen molar-refractivity contribution in [3.05, 3.63) is 17.7 Å². The second-order valence-electron chi connectivity index (χ2n) is 3.37. The van der Waals surface area contributed by atoms with Crippen LogP contribution >= 0.6 is 0 Å². The van der Waals surface area contributed by atoms with Gasteiger partial charge in [0.25, 0.3) is 0 Å². The highest BCUT2D eigenvalue weighted by atomic mass is 16.6. The van der Waals surface area contributed by atoms with Crippen molar-refractivity contribution in [1.29, 1.82) is 0 Å². The van der Waals surface area contributed by atoms with E-state index in [2.05, 4.69) is 0 Å². The molecule has 0 saturated carbocycles. The molecule has 0 saturated heterocycles. The number of aromatic carboxylic acids is 1. The van der Waals surface area contributed by atoms with Crippen LogP contribution < -0.4 is 14.2 Å². The van der Waals surface area contributed by atoms with Crippen LogP contribution in [-0.4, -0.2) is 30.3 Å². The number of rotatable bonds is 2. The standard InChI is InChI=1S/C11H10O6/c1-6(12)17-9-7(11(13)14)2-3-8-10(9)16-5-4-15-8/h2-3H,4-5H2,1H3,(H,13,14). The Balaban J connectivity index is 2.55.